The van der Waals surface area contributed by atoms with E-state index in [2.05, 4.69) is 15.4 Å². The third-order valence-electron chi connectivity index (χ3n) is 2.43. The zero-order chi connectivity index (χ0) is 14.7. The number of aromatic amines is 1. The van der Waals surface area contributed by atoms with Gasteiger partial charge in [-0.05, 0) is 47.7 Å². The number of nitrogens with one attached hydrogen (secondary N) is 1. The van der Waals surface area contributed by atoms with Gasteiger partial charge in [-0.15, -0.1) is 5.10 Å². The van der Waals surface area contributed by atoms with Crippen LogP contribution in [0.5, 0.6) is 0 Å². The van der Waals surface area contributed by atoms with E-state index in [1.807, 2.05) is 22.6 Å². The summed E-state index contributed by atoms with van der Waals surface area (Å²) in [6.07, 6.45) is 0. The maximum absolute atomic E-state index is 11.7. The van der Waals surface area contributed by atoms with Crippen molar-refractivity contribution in [3.63, 3.8) is 0 Å². The second kappa shape index (κ2) is 5.99. The van der Waals surface area contributed by atoms with E-state index in [9.17, 15) is 9.59 Å². The maximum atomic E-state index is 11.7. The highest BCUT2D eigenvalue weighted by Crippen LogP contribution is 2.24. The summed E-state index contributed by atoms with van der Waals surface area (Å²) in [5.74, 6) is -1.65. The molecule has 0 aliphatic carbocycles. The lowest BCUT2D eigenvalue weighted by Gasteiger charge is -2.03. The van der Waals surface area contributed by atoms with E-state index in [0.717, 1.165) is 3.57 Å². The molecule has 20 heavy (non-hydrogen) atoms. The lowest BCUT2D eigenvalue weighted by Crippen LogP contribution is -2.07. The summed E-state index contributed by atoms with van der Waals surface area (Å²) in [6, 6.07) is 4.68. The van der Waals surface area contributed by atoms with E-state index in [1.165, 1.54) is 12.1 Å². The Hall–Kier alpha value is -1.97. The van der Waals surface area contributed by atoms with Gasteiger partial charge in [0.15, 0.2) is 5.69 Å². The van der Waals surface area contributed by atoms with Crippen LogP contribution in [0.2, 0.25) is 0 Å². The van der Waals surface area contributed by atoms with Crippen molar-refractivity contribution < 1.29 is 19.4 Å². The highest BCUT2D eigenvalue weighted by molar-refractivity contribution is 14.1. The summed E-state index contributed by atoms with van der Waals surface area (Å²) >= 11 is 2.00. The number of H-pyrrole nitrogens is 1. The number of hydrogen-bond acceptors (Lipinski definition) is 5. The van der Waals surface area contributed by atoms with Crippen LogP contribution in [-0.2, 0) is 4.74 Å². The van der Waals surface area contributed by atoms with E-state index < -0.39 is 11.9 Å². The first kappa shape index (κ1) is 14.4. The van der Waals surface area contributed by atoms with Crippen molar-refractivity contribution in [3.8, 4) is 11.3 Å². The van der Waals surface area contributed by atoms with Gasteiger partial charge in [0, 0.05) is 9.13 Å². The van der Waals surface area contributed by atoms with Crippen LogP contribution in [0.4, 0.5) is 0 Å². The molecule has 0 aliphatic heterocycles. The Labute approximate surface area is 127 Å². The average molecular weight is 387 g/mol. The van der Waals surface area contributed by atoms with Crippen molar-refractivity contribution in [3.05, 3.63) is 33.0 Å². The minimum absolute atomic E-state index is 0.0326. The molecule has 1 heterocycles. The van der Waals surface area contributed by atoms with Crippen molar-refractivity contribution in [2.75, 3.05) is 6.61 Å². The molecule has 0 spiro atoms. The first-order valence-electron chi connectivity index (χ1n) is 5.65. The van der Waals surface area contributed by atoms with Crippen LogP contribution < -0.4 is 0 Å². The number of carbonyl (C=O) groups excluding carboxylic acids is 1. The Balaban J connectivity index is 2.50. The number of benzene rings is 1. The van der Waals surface area contributed by atoms with Crippen molar-refractivity contribution in [1.29, 1.82) is 0 Å². The predicted octanol–water partition coefficient (Wildman–Crippen LogP) is 1.95. The standard InChI is InChI=1S/C12H10IN3O4/c1-2-20-12(19)10-9(14-16-15-10)6-3-7(11(17)18)5-8(13)4-6/h3-5H,2H2,1H3,(H,17,18)(H,14,15,16). The van der Waals surface area contributed by atoms with Crippen LogP contribution in [0.15, 0.2) is 18.2 Å². The largest absolute Gasteiger partial charge is 0.478 e. The fraction of sp³-hybridized carbons (Fsp3) is 0.167. The first-order chi connectivity index (χ1) is 9.52. The first-order valence-corrected chi connectivity index (χ1v) is 6.73. The van der Waals surface area contributed by atoms with Gasteiger partial charge < -0.3 is 9.84 Å². The molecule has 2 aromatic rings. The highest BCUT2D eigenvalue weighted by Gasteiger charge is 2.20. The number of carboxylic acid groups (broad SMARTS) is 1. The molecule has 0 amide bonds. The summed E-state index contributed by atoms with van der Waals surface area (Å²) < 4.78 is 5.59. The third-order valence-corrected chi connectivity index (χ3v) is 3.06. The number of aromatic nitrogens is 3. The zero-order valence-corrected chi connectivity index (χ0v) is 12.5. The van der Waals surface area contributed by atoms with Crippen LogP contribution in [-0.4, -0.2) is 39.1 Å². The Kier molecular flexibility index (Phi) is 4.32. The molecule has 104 valence electrons. The van der Waals surface area contributed by atoms with Crippen molar-refractivity contribution in [1.82, 2.24) is 15.4 Å². The molecule has 0 aliphatic rings. The van der Waals surface area contributed by atoms with E-state index in [0.29, 0.717) is 5.56 Å². The van der Waals surface area contributed by atoms with Gasteiger partial charge in [0.1, 0.15) is 5.69 Å². The molecule has 1 aromatic heterocycles. The van der Waals surface area contributed by atoms with E-state index >= 15 is 0 Å². The monoisotopic (exact) mass is 387 g/mol. The molecule has 0 radical (unpaired) electrons. The Morgan fingerprint density at radius 1 is 1.35 bits per heavy atom. The van der Waals surface area contributed by atoms with Crippen LogP contribution in [0.25, 0.3) is 11.3 Å². The molecule has 0 saturated heterocycles. The van der Waals surface area contributed by atoms with Gasteiger partial charge in [-0.1, -0.05) is 0 Å². The van der Waals surface area contributed by atoms with Gasteiger partial charge in [0.25, 0.3) is 0 Å². The molecule has 1 aromatic carbocycles. The van der Waals surface area contributed by atoms with Crippen LogP contribution in [0, 0.1) is 3.57 Å². The molecule has 0 saturated carbocycles. The Morgan fingerprint density at radius 2 is 2.10 bits per heavy atom. The lowest BCUT2D eigenvalue weighted by atomic mass is 10.1. The van der Waals surface area contributed by atoms with Crippen LogP contribution >= 0.6 is 22.6 Å². The quantitative estimate of drug-likeness (QED) is 0.614. The van der Waals surface area contributed by atoms with Crippen LogP contribution in [0.3, 0.4) is 0 Å². The molecule has 7 nitrogen and oxygen atoms in total. The second-order valence-corrected chi connectivity index (χ2v) is 5.02. The normalized spacial score (nSPS) is 10.3. The lowest BCUT2D eigenvalue weighted by molar-refractivity contribution is 0.0520. The summed E-state index contributed by atoms with van der Waals surface area (Å²) in [5, 5.41) is 19.1. The van der Waals surface area contributed by atoms with Crippen molar-refractivity contribution in [2.45, 2.75) is 6.92 Å². The number of aromatic carboxylic acids is 1. The summed E-state index contributed by atoms with van der Waals surface area (Å²) in [4.78, 5) is 22.8. The molecule has 0 atom stereocenters. The number of carboxylic acids is 1. The molecule has 0 bridgehead atoms. The Bertz CT molecular complexity index is 668. The van der Waals surface area contributed by atoms with E-state index in [4.69, 9.17) is 9.84 Å². The zero-order valence-electron chi connectivity index (χ0n) is 10.4. The number of esters is 1. The van der Waals surface area contributed by atoms with Gasteiger partial charge in [-0.3, -0.25) is 0 Å². The topological polar surface area (TPSA) is 105 Å². The molecule has 2 rings (SSSR count). The van der Waals surface area contributed by atoms with Crippen molar-refractivity contribution in [2.24, 2.45) is 0 Å². The van der Waals surface area contributed by atoms with Gasteiger partial charge in [-0.2, -0.15) is 10.3 Å². The number of rotatable bonds is 4. The molecule has 0 fully saturated rings. The second-order valence-electron chi connectivity index (χ2n) is 3.78. The van der Waals surface area contributed by atoms with Gasteiger partial charge in [0.2, 0.25) is 0 Å². The smallest absolute Gasteiger partial charge is 0.361 e. The molecule has 0 unspecified atom stereocenters. The van der Waals surface area contributed by atoms with Crippen LogP contribution in [0.1, 0.15) is 27.8 Å². The fourth-order valence-corrected chi connectivity index (χ4v) is 2.29. The van der Waals surface area contributed by atoms with E-state index in [1.54, 1.807) is 13.0 Å². The molecule has 2 N–H and O–H groups in total. The average Bonchev–Trinajstić information content (AvgIpc) is 2.87. The van der Waals surface area contributed by atoms with E-state index in [-0.39, 0.29) is 23.6 Å². The van der Waals surface area contributed by atoms with Gasteiger partial charge in [-0.25, -0.2) is 9.59 Å². The maximum Gasteiger partial charge on any atom is 0.361 e. The fourth-order valence-electron chi connectivity index (χ4n) is 1.62. The van der Waals surface area contributed by atoms with Gasteiger partial charge in [0.05, 0.1) is 12.2 Å². The Morgan fingerprint density at radius 3 is 2.75 bits per heavy atom. The number of halogens is 1. The predicted molar refractivity (Wildman–Crippen MR) is 77.5 cm³/mol. The summed E-state index contributed by atoms with van der Waals surface area (Å²) in [5.41, 5.74) is 0.908. The van der Waals surface area contributed by atoms with Gasteiger partial charge >= 0.3 is 11.9 Å². The molecular formula is C12H10IN3O4. The number of nitrogens with zero attached hydrogens (tertiary/aromatic N) is 2. The molecular weight excluding hydrogens is 377 g/mol. The number of carbonyl (C=O) groups is 2. The third kappa shape index (κ3) is 2.95. The highest BCUT2D eigenvalue weighted by atomic mass is 127. The minimum atomic E-state index is -1.05. The summed E-state index contributed by atoms with van der Waals surface area (Å²) in [7, 11) is 0. The summed E-state index contributed by atoms with van der Waals surface area (Å²) in [6.45, 7) is 1.91. The van der Waals surface area contributed by atoms with Crippen molar-refractivity contribution >= 4 is 34.5 Å². The SMILES string of the molecule is CCOC(=O)c1n[nH]nc1-c1cc(I)cc(C(=O)O)c1. The minimum Gasteiger partial charge on any atom is -0.478 e. The number of ether oxygens (including phenoxy) is 1. The molecule has 8 heteroatoms. The number of hydrogen-bond donors (Lipinski definition) is 2.